The summed E-state index contributed by atoms with van der Waals surface area (Å²) < 4.78 is 0. The lowest BCUT2D eigenvalue weighted by Gasteiger charge is -2.26. The molecule has 0 fully saturated rings. The van der Waals surface area contributed by atoms with Crippen molar-refractivity contribution < 1.29 is 9.59 Å². The monoisotopic (exact) mass is 376 g/mol. The summed E-state index contributed by atoms with van der Waals surface area (Å²) in [5.74, 6) is -0.368. The van der Waals surface area contributed by atoms with Crippen LogP contribution in [0.2, 0.25) is 0 Å². The lowest BCUT2D eigenvalue weighted by molar-refractivity contribution is 0.0933. The predicted octanol–water partition coefficient (Wildman–Crippen LogP) is 4.81. The molecule has 0 saturated heterocycles. The van der Waals surface area contributed by atoms with E-state index in [-0.39, 0.29) is 17.9 Å². The van der Waals surface area contributed by atoms with Crippen LogP contribution in [0.5, 0.6) is 0 Å². The Hall–Kier alpha value is -2.92. The molecule has 2 N–H and O–H groups in total. The van der Waals surface area contributed by atoms with Gasteiger partial charge in [-0.15, -0.1) is 11.3 Å². The van der Waals surface area contributed by atoms with Gasteiger partial charge in [0.05, 0.1) is 22.2 Å². The molecule has 2 amide bonds. The first-order chi connectivity index (χ1) is 13.2. The predicted molar refractivity (Wildman–Crippen MR) is 108 cm³/mol. The van der Waals surface area contributed by atoms with Gasteiger partial charge < -0.3 is 10.6 Å². The largest absolute Gasteiger partial charge is 0.345 e. The number of thiophene rings is 1. The number of para-hydroxylation sites is 1. The minimum absolute atomic E-state index is 0.00324. The van der Waals surface area contributed by atoms with Crippen molar-refractivity contribution in [3.63, 3.8) is 0 Å². The van der Waals surface area contributed by atoms with Gasteiger partial charge in [0.15, 0.2) is 0 Å². The van der Waals surface area contributed by atoms with Gasteiger partial charge in [0.1, 0.15) is 0 Å². The zero-order valence-electron chi connectivity index (χ0n) is 14.8. The summed E-state index contributed by atoms with van der Waals surface area (Å²) >= 11 is 1.37. The quantitative estimate of drug-likeness (QED) is 0.687. The van der Waals surface area contributed by atoms with Crippen LogP contribution in [0.1, 0.15) is 50.0 Å². The lowest BCUT2D eigenvalue weighted by atomic mass is 9.87. The first-order valence-electron chi connectivity index (χ1n) is 9.05. The molecule has 1 aromatic heterocycles. The lowest BCUT2D eigenvalue weighted by Crippen LogP contribution is -2.31. The van der Waals surface area contributed by atoms with E-state index in [0.717, 1.165) is 19.3 Å². The average Bonchev–Trinajstić information content (AvgIpc) is 3.24. The molecule has 1 atom stereocenters. The summed E-state index contributed by atoms with van der Waals surface area (Å²) in [6.07, 6.45) is 3.03. The van der Waals surface area contributed by atoms with Crippen molar-refractivity contribution in [2.24, 2.45) is 0 Å². The Morgan fingerprint density at radius 1 is 0.926 bits per heavy atom. The zero-order chi connectivity index (χ0) is 18.6. The highest BCUT2D eigenvalue weighted by atomic mass is 32.1. The van der Waals surface area contributed by atoms with Gasteiger partial charge in [0, 0.05) is 0 Å². The van der Waals surface area contributed by atoms with Crippen molar-refractivity contribution >= 4 is 28.8 Å². The summed E-state index contributed by atoms with van der Waals surface area (Å²) in [7, 11) is 0. The van der Waals surface area contributed by atoms with Gasteiger partial charge in [0.2, 0.25) is 0 Å². The molecule has 4 rings (SSSR count). The zero-order valence-corrected chi connectivity index (χ0v) is 15.6. The van der Waals surface area contributed by atoms with Gasteiger partial charge in [-0.3, -0.25) is 9.59 Å². The minimum Gasteiger partial charge on any atom is -0.345 e. The Bertz CT molecular complexity index is 966. The SMILES string of the molecule is O=C(Nc1ccccc1C(=O)NC1CCCc2ccccc21)c1cccs1. The molecule has 1 heterocycles. The third kappa shape index (κ3) is 3.78. The Morgan fingerprint density at radius 3 is 2.59 bits per heavy atom. The van der Waals surface area contributed by atoms with Crippen LogP contribution in [-0.4, -0.2) is 11.8 Å². The summed E-state index contributed by atoms with van der Waals surface area (Å²) in [4.78, 5) is 25.9. The van der Waals surface area contributed by atoms with Crippen molar-refractivity contribution in [3.05, 3.63) is 87.6 Å². The van der Waals surface area contributed by atoms with E-state index >= 15 is 0 Å². The molecular weight excluding hydrogens is 356 g/mol. The average molecular weight is 376 g/mol. The fourth-order valence-corrected chi connectivity index (χ4v) is 4.14. The maximum Gasteiger partial charge on any atom is 0.265 e. The summed E-state index contributed by atoms with van der Waals surface area (Å²) in [6, 6.07) is 19.0. The van der Waals surface area contributed by atoms with E-state index in [0.29, 0.717) is 16.1 Å². The normalized spacial score (nSPS) is 15.6. The van der Waals surface area contributed by atoms with E-state index in [1.807, 2.05) is 35.7 Å². The van der Waals surface area contributed by atoms with E-state index in [1.54, 1.807) is 18.2 Å². The van der Waals surface area contributed by atoms with Gasteiger partial charge in [-0.05, 0) is 54.0 Å². The number of benzene rings is 2. The van der Waals surface area contributed by atoms with E-state index in [4.69, 9.17) is 0 Å². The highest BCUT2D eigenvalue weighted by Gasteiger charge is 2.23. The highest BCUT2D eigenvalue weighted by molar-refractivity contribution is 7.12. The Kier molecular flexibility index (Phi) is 5.03. The molecule has 4 nitrogen and oxygen atoms in total. The van der Waals surface area contributed by atoms with Crippen molar-refractivity contribution in [1.82, 2.24) is 5.32 Å². The maximum absolute atomic E-state index is 13.0. The van der Waals surface area contributed by atoms with E-state index < -0.39 is 0 Å². The van der Waals surface area contributed by atoms with E-state index in [1.165, 1.54) is 22.5 Å². The van der Waals surface area contributed by atoms with Crippen LogP contribution < -0.4 is 10.6 Å². The number of nitrogens with one attached hydrogen (secondary N) is 2. The van der Waals surface area contributed by atoms with Gasteiger partial charge in [-0.1, -0.05) is 42.5 Å². The Morgan fingerprint density at radius 2 is 1.74 bits per heavy atom. The number of amides is 2. The van der Waals surface area contributed by atoms with Crippen molar-refractivity contribution in [1.29, 1.82) is 0 Å². The first kappa shape index (κ1) is 17.5. The third-order valence-corrected chi connectivity index (χ3v) is 5.71. The summed E-state index contributed by atoms with van der Waals surface area (Å²) in [5, 5.41) is 7.87. The van der Waals surface area contributed by atoms with Crippen LogP contribution in [0, 0.1) is 0 Å². The smallest absolute Gasteiger partial charge is 0.265 e. The van der Waals surface area contributed by atoms with E-state index in [9.17, 15) is 9.59 Å². The fourth-order valence-electron chi connectivity index (χ4n) is 3.52. The molecule has 0 bridgehead atoms. The van der Waals surface area contributed by atoms with Gasteiger partial charge in [-0.25, -0.2) is 0 Å². The number of hydrogen-bond donors (Lipinski definition) is 2. The second-order valence-electron chi connectivity index (χ2n) is 6.59. The molecule has 27 heavy (non-hydrogen) atoms. The van der Waals surface area contributed by atoms with Gasteiger partial charge >= 0.3 is 0 Å². The number of fused-ring (bicyclic) bond motifs is 1. The molecule has 1 unspecified atom stereocenters. The molecule has 1 aliphatic carbocycles. The Balaban J connectivity index is 1.54. The third-order valence-electron chi connectivity index (χ3n) is 4.84. The summed E-state index contributed by atoms with van der Waals surface area (Å²) in [6.45, 7) is 0. The van der Waals surface area contributed by atoms with Gasteiger partial charge in [-0.2, -0.15) is 0 Å². The van der Waals surface area contributed by atoms with Gasteiger partial charge in [0.25, 0.3) is 11.8 Å². The molecular formula is C22H20N2O2S. The van der Waals surface area contributed by atoms with Crippen LogP contribution >= 0.6 is 11.3 Å². The second kappa shape index (κ2) is 7.76. The van der Waals surface area contributed by atoms with Crippen LogP contribution in [0.4, 0.5) is 5.69 Å². The summed E-state index contributed by atoms with van der Waals surface area (Å²) in [5.41, 5.74) is 3.49. The molecule has 0 radical (unpaired) electrons. The maximum atomic E-state index is 13.0. The number of rotatable bonds is 4. The van der Waals surface area contributed by atoms with E-state index in [2.05, 4.69) is 22.8 Å². The molecule has 136 valence electrons. The number of carbonyl (C=O) groups is 2. The van der Waals surface area contributed by atoms with Crippen LogP contribution in [-0.2, 0) is 6.42 Å². The number of anilines is 1. The second-order valence-corrected chi connectivity index (χ2v) is 7.54. The van der Waals surface area contributed by atoms with Crippen LogP contribution in [0.3, 0.4) is 0 Å². The first-order valence-corrected chi connectivity index (χ1v) is 9.93. The Labute approximate surface area is 162 Å². The van der Waals surface area contributed by atoms with Crippen LogP contribution in [0.15, 0.2) is 66.0 Å². The van der Waals surface area contributed by atoms with Crippen molar-refractivity contribution in [3.8, 4) is 0 Å². The number of carbonyl (C=O) groups excluding carboxylic acids is 2. The molecule has 1 aliphatic rings. The molecule has 5 heteroatoms. The number of hydrogen-bond acceptors (Lipinski definition) is 3. The topological polar surface area (TPSA) is 58.2 Å². The van der Waals surface area contributed by atoms with Crippen molar-refractivity contribution in [2.45, 2.75) is 25.3 Å². The molecule has 0 spiro atoms. The number of aryl methyl sites for hydroxylation is 1. The highest BCUT2D eigenvalue weighted by Crippen LogP contribution is 2.30. The molecule has 0 saturated carbocycles. The van der Waals surface area contributed by atoms with Crippen LogP contribution in [0.25, 0.3) is 0 Å². The standard InChI is InChI=1S/C22H20N2O2S/c25-21(23-18-12-5-8-15-7-1-2-9-16(15)18)17-10-3-4-11-19(17)24-22(26)20-13-6-14-27-20/h1-4,6-7,9-11,13-14,18H,5,8,12H2,(H,23,25)(H,24,26). The van der Waals surface area contributed by atoms with Crippen molar-refractivity contribution in [2.75, 3.05) is 5.32 Å². The molecule has 0 aliphatic heterocycles. The molecule has 3 aromatic rings. The fraction of sp³-hybridized carbons (Fsp3) is 0.182. The molecule has 2 aromatic carbocycles. The minimum atomic E-state index is -0.201.